The Balaban J connectivity index is 1.30. The number of anilines is 1. The van der Waals surface area contributed by atoms with Crippen LogP contribution in [-0.4, -0.2) is 43.4 Å². The molecule has 41 heavy (non-hydrogen) atoms. The Bertz CT molecular complexity index is 1480. The molecule has 0 spiro atoms. The maximum Gasteiger partial charge on any atom is 0.311 e. The van der Waals surface area contributed by atoms with Gasteiger partial charge in [-0.3, -0.25) is 9.59 Å². The average Bonchev–Trinajstić information content (AvgIpc) is 3.52. The standard InChI is InChI=1S/C28H30N6O5S2/c1-5-34(14-15-37-19(4)35)22-10-6-20(7-11-22)31-33-28-29-26-24(40-28)16-25(41-26)32-30-21-8-12-23(13-9-21)38-17-39-27(36)18(2)3/h6-13,16,18H,5,14-15,17H2,1-4H3. The van der Waals surface area contributed by atoms with Crippen LogP contribution in [0.25, 0.3) is 9.53 Å². The second-order valence-corrected chi connectivity index (χ2v) is 11.0. The second kappa shape index (κ2) is 14.4. The zero-order valence-electron chi connectivity index (χ0n) is 23.1. The van der Waals surface area contributed by atoms with E-state index in [0.29, 0.717) is 35.4 Å². The summed E-state index contributed by atoms with van der Waals surface area (Å²) >= 11 is 2.85. The number of nitrogens with zero attached hydrogens (tertiary/aromatic N) is 6. The van der Waals surface area contributed by atoms with Gasteiger partial charge in [-0.05, 0) is 61.5 Å². The van der Waals surface area contributed by atoms with E-state index in [1.54, 1.807) is 38.1 Å². The number of likely N-dealkylation sites (N-methyl/N-ethyl adjacent to an activating group) is 1. The Morgan fingerprint density at radius 3 is 2.24 bits per heavy atom. The van der Waals surface area contributed by atoms with Gasteiger partial charge in [0.2, 0.25) is 11.9 Å². The normalized spacial score (nSPS) is 11.5. The molecular weight excluding hydrogens is 564 g/mol. The minimum absolute atomic E-state index is 0.136. The number of carbonyl (C=O) groups excluding carboxylic acids is 2. The van der Waals surface area contributed by atoms with Gasteiger partial charge in [-0.25, -0.2) is 4.98 Å². The lowest BCUT2D eigenvalue weighted by atomic mass is 10.2. The average molecular weight is 595 g/mol. The number of thiophene rings is 1. The van der Waals surface area contributed by atoms with E-state index >= 15 is 0 Å². The summed E-state index contributed by atoms with van der Waals surface area (Å²) in [5.41, 5.74) is 2.39. The van der Waals surface area contributed by atoms with Crippen LogP contribution in [0.15, 0.2) is 75.1 Å². The van der Waals surface area contributed by atoms with Crippen molar-refractivity contribution in [3.63, 3.8) is 0 Å². The van der Waals surface area contributed by atoms with Gasteiger partial charge in [-0.15, -0.1) is 20.5 Å². The third kappa shape index (κ3) is 8.88. The molecule has 0 aliphatic carbocycles. The van der Waals surface area contributed by atoms with Crippen LogP contribution in [0.4, 0.5) is 27.2 Å². The van der Waals surface area contributed by atoms with E-state index in [9.17, 15) is 9.59 Å². The van der Waals surface area contributed by atoms with Gasteiger partial charge in [0, 0.05) is 19.2 Å². The van der Waals surface area contributed by atoms with E-state index in [-0.39, 0.29) is 24.6 Å². The van der Waals surface area contributed by atoms with Crippen LogP contribution in [0.3, 0.4) is 0 Å². The largest absolute Gasteiger partial charge is 0.464 e. The van der Waals surface area contributed by atoms with Crippen LogP contribution in [0.5, 0.6) is 5.75 Å². The maximum atomic E-state index is 11.5. The van der Waals surface area contributed by atoms with Crippen molar-refractivity contribution in [2.75, 3.05) is 31.4 Å². The van der Waals surface area contributed by atoms with Crippen molar-refractivity contribution in [1.29, 1.82) is 0 Å². The predicted molar refractivity (Wildman–Crippen MR) is 160 cm³/mol. The summed E-state index contributed by atoms with van der Waals surface area (Å²) in [6.07, 6.45) is 0. The highest BCUT2D eigenvalue weighted by Crippen LogP contribution is 2.39. The fourth-order valence-electron chi connectivity index (χ4n) is 3.44. The number of carbonyl (C=O) groups is 2. The number of thiazole rings is 1. The van der Waals surface area contributed by atoms with Crippen LogP contribution in [0, 0.1) is 5.92 Å². The third-order valence-corrected chi connectivity index (χ3v) is 7.51. The van der Waals surface area contributed by atoms with Gasteiger partial charge in [0.05, 0.1) is 28.5 Å². The Morgan fingerprint density at radius 1 is 0.927 bits per heavy atom. The van der Waals surface area contributed by atoms with E-state index in [2.05, 4.69) is 30.3 Å². The van der Waals surface area contributed by atoms with Crippen molar-refractivity contribution in [1.82, 2.24) is 4.98 Å². The molecule has 2 aromatic heterocycles. The molecule has 0 amide bonds. The van der Waals surface area contributed by atoms with Crippen molar-refractivity contribution in [3.8, 4) is 5.75 Å². The van der Waals surface area contributed by atoms with Crippen LogP contribution < -0.4 is 9.64 Å². The fourth-order valence-corrected chi connectivity index (χ4v) is 5.29. The number of benzene rings is 2. The maximum absolute atomic E-state index is 11.5. The van der Waals surface area contributed by atoms with E-state index < -0.39 is 0 Å². The van der Waals surface area contributed by atoms with Crippen LogP contribution in [-0.2, 0) is 19.1 Å². The topological polar surface area (TPSA) is 127 Å². The van der Waals surface area contributed by atoms with Crippen molar-refractivity contribution < 1.29 is 23.8 Å². The summed E-state index contributed by atoms with van der Waals surface area (Å²) in [5, 5.41) is 18.5. The van der Waals surface area contributed by atoms with Gasteiger partial charge in [-0.1, -0.05) is 36.5 Å². The molecule has 0 N–H and O–H groups in total. The molecule has 0 saturated carbocycles. The quantitative estimate of drug-likeness (QED) is 0.0868. The summed E-state index contributed by atoms with van der Waals surface area (Å²) in [6, 6.07) is 16.7. The molecule has 214 valence electrons. The molecule has 0 radical (unpaired) electrons. The first-order valence-corrected chi connectivity index (χ1v) is 14.6. The number of aromatic nitrogens is 1. The summed E-state index contributed by atoms with van der Waals surface area (Å²) in [7, 11) is 0. The minimum atomic E-state index is -0.309. The zero-order valence-corrected chi connectivity index (χ0v) is 24.8. The molecular formula is C28H30N6O5S2. The molecule has 0 bridgehead atoms. The summed E-state index contributed by atoms with van der Waals surface area (Å²) in [5.74, 6) is -0.222. The number of ether oxygens (including phenoxy) is 3. The lowest BCUT2D eigenvalue weighted by Crippen LogP contribution is -2.27. The number of esters is 2. The Morgan fingerprint density at radius 2 is 1.61 bits per heavy atom. The molecule has 2 aromatic carbocycles. The molecule has 0 saturated heterocycles. The molecule has 11 nitrogen and oxygen atoms in total. The van der Waals surface area contributed by atoms with Gasteiger partial charge in [-0.2, -0.15) is 0 Å². The van der Waals surface area contributed by atoms with E-state index in [1.165, 1.54) is 29.6 Å². The molecule has 0 atom stereocenters. The Labute approximate surface area is 245 Å². The number of azo groups is 2. The van der Waals surface area contributed by atoms with Crippen LogP contribution >= 0.6 is 22.7 Å². The first-order chi connectivity index (χ1) is 19.8. The van der Waals surface area contributed by atoms with Gasteiger partial charge < -0.3 is 19.1 Å². The van der Waals surface area contributed by atoms with Crippen molar-refractivity contribution >= 4 is 71.3 Å². The first kappa shape index (κ1) is 29.7. The highest BCUT2D eigenvalue weighted by atomic mass is 32.1. The Kier molecular flexibility index (Phi) is 10.5. The first-order valence-electron chi connectivity index (χ1n) is 12.9. The van der Waals surface area contributed by atoms with E-state index in [0.717, 1.165) is 26.8 Å². The SMILES string of the molecule is CCN(CCOC(C)=O)c1ccc(N=Nc2nc3sc(N=Nc4ccc(OCOC(=O)C(C)C)cc4)cc3s2)cc1. The van der Waals surface area contributed by atoms with Gasteiger partial charge >= 0.3 is 11.9 Å². The number of fused-ring (bicyclic) bond motifs is 1. The fraction of sp³-hybridized carbons (Fsp3) is 0.321. The summed E-state index contributed by atoms with van der Waals surface area (Å²) in [6.45, 7) is 8.60. The number of hydrogen-bond acceptors (Lipinski definition) is 13. The Hall–Kier alpha value is -4.23. The van der Waals surface area contributed by atoms with Gasteiger partial charge in [0.25, 0.3) is 0 Å². The van der Waals surface area contributed by atoms with E-state index in [1.807, 2.05) is 37.3 Å². The molecule has 4 aromatic rings. The number of rotatable bonds is 13. The lowest BCUT2D eigenvalue weighted by molar-refractivity contribution is -0.154. The smallest absolute Gasteiger partial charge is 0.311 e. The molecule has 0 fully saturated rings. The van der Waals surface area contributed by atoms with E-state index in [4.69, 9.17) is 14.2 Å². The second-order valence-electron chi connectivity index (χ2n) is 8.96. The highest BCUT2D eigenvalue weighted by Gasteiger charge is 2.10. The molecule has 0 aliphatic rings. The lowest BCUT2D eigenvalue weighted by Gasteiger charge is -2.22. The van der Waals surface area contributed by atoms with Crippen LogP contribution in [0.2, 0.25) is 0 Å². The van der Waals surface area contributed by atoms with Crippen molar-refractivity contribution in [2.45, 2.75) is 27.7 Å². The van der Waals surface area contributed by atoms with Crippen LogP contribution in [0.1, 0.15) is 27.7 Å². The minimum Gasteiger partial charge on any atom is -0.464 e. The monoisotopic (exact) mass is 594 g/mol. The zero-order chi connectivity index (χ0) is 29.2. The summed E-state index contributed by atoms with van der Waals surface area (Å²) < 4.78 is 16.4. The predicted octanol–water partition coefficient (Wildman–Crippen LogP) is 8.11. The molecule has 2 heterocycles. The third-order valence-electron chi connectivity index (χ3n) is 5.58. The van der Waals surface area contributed by atoms with Gasteiger partial charge in [0.15, 0.2) is 0 Å². The van der Waals surface area contributed by atoms with Crippen molar-refractivity contribution in [2.24, 2.45) is 26.4 Å². The molecule has 0 unspecified atom stereocenters. The molecule has 4 rings (SSSR count). The molecule has 0 aliphatic heterocycles. The van der Waals surface area contributed by atoms with Gasteiger partial charge in [0.1, 0.15) is 22.2 Å². The van der Waals surface area contributed by atoms with Crippen molar-refractivity contribution in [3.05, 3.63) is 54.6 Å². The number of hydrogen-bond donors (Lipinski definition) is 0. The summed E-state index contributed by atoms with van der Waals surface area (Å²) in [4.78, 5) is 30.0. The highest BCUT2D eigenvalue weighted by molar-refractivity contribution is 7.30. The molecule has 13 heteroatoms.